The summed E-state index contributed by atoms with van der Waals surface area (Å²) >= 11 is 0. The van der Waals surface area contributed by atoms with E-state index in [1.165, 1.54) is 0 Å². The summed E-state index contributed by atoms with van der Waals surface area (Å²) in [5.41, 5.74) is 0.566. The van der Waals surface area contributed by atoms with Gasteiger partial charge in [0.1, 0.15) is 0 Å². The van der Waals surface area contributed by atoms with Crippen LogP contribution in [0.25, 0.3) is 0 Å². The van der Waals surface area contributed by atoms with Crippen molar-refractivity contribution in [3.05, 3.63) is 42.2 Å². The minimum atomic E-state index is -0.129. The first-order chi connectivity index (χ1) is 10.7. The molecule has 2 heterocycles. The van der Waals surface area contributed by atoms with Gasteiger partial charge in [-0.1, -0.05) is 0 Å². The molecule has 22 heavy (non-hydrogen) atoms. The number of hydrogen-bond donors (Lipinski definition) is 1. The summed E-state index contributed by atoms with van der Waals surface area (Å²) in [4.78, 5) is 12.3. The molecule has 2 aromatic rings. The molecule has 0 bridgehead atoms. The number of ether oxygens (including phenoxy) is 2. The standard InChI is InChI=1S/C16H19N3O3/c1-12(11-19-7-2-6-17-19)18-16(20)13-4-5-14-15(10-13)22-9-3-8-21-14/h2,4-7,10,12H,3,8-9,11H2,1H3,(H,18,20)/t12-/m0/s1. The average Bonchev–Trinajstić information content (AvgIpc) is 2.89. The van der Waals surface area contributed by atoms with Crippen LogP contribution in [-0.4, -0.2) is 34.9 Å². The second-order valence-corrected chi connectivity index (χ2v) is 5.31. The van der Waals surface area contributed by atoms with E-state index in [9.17, 15) is 4.79 Å². The highest BCUT2D eigenvalue weighted by Gasteiger charge is 2.15. The van der Waals surface area contributed by atoms with Crippen molar-refractivity contribution in [1.29, 1.82) is 0 Å². The molecule has 0 fully saturated rings. The molecule has 1 aliphatic heterocycles. The van der Waals surface area contributed by atoms with Gasteiger partial charge < -0.3 is 14.8 Å². The molecule has 1 N–H and O–H groups in total. The van der Waals surface area contributed by atoms with Crippen LogP contribution >= 0.6 is 0 Å². The average molecular weight is 301 g/mol. The van der Waals surface area contributed by atoms with Gasteiger partial charge in [0.15, 0.2) is 11.5 Å². The SMILES string of the molecule is C[C@@H](Cn1cccn1)NC(=O)c1ccc2c(c1)OCCCO2. The summed E-state index contributed by atoms with van der Waals surface area (Å²) < 4.78 is 13.0. The van der Waals surface area contributed by atoms with Crippen molar-refractivity contribution < 1.29 is 14.3 Å². The number of amides is 1. The second kappa shape index (κ2) is 6.51. The number of benzene rings is 1. The molecule has 116 valence electrons. The second-order valence-electron chi connectivity index (χ2n) is 5.31. The van der Waals surface area contributed by atoms with E-state index >= 15 is 0 Å². The van der Waals surface area contributed by atoms with E-state index in [1.54, 1.807) is 29.1 Å². The zero-order chi connectivity index (χ0) is 15.4. The Morgan fingerprint density at radius 2 is 2.18 bits per heavy atom. The lowest BCUT2D eigenvalue weighted by Gasteiger charge is -2.15. The monoisotopic (exact) mass is 301 g/mol. The summed E-state index contributed by atoms with van der Waals surface area (Å²) in [6, 6.07) is 7.11. The molecule has 0 unspecified atom stereocenters. The molecule has 0 spiro atoms. The van der Waals surface area contributed by atoms with E-state index in [0.29, 0.717) is 36.8 Å². The minimum Gasteiger partial charge on any atom is -0.490 e. The fraction of sp³-hybridized carbons (Fsp3) is 0.375. The number of nitrogens with zero attached hydrogens (tertiary/aromatic N) is 2. The highest BCUT2D eigenvalue weighted by atomic mass is 16.5. The molecule has 1 atom stereocenters. The van der Waals surface area contributed by atoms with Crippen LogP contribution in [0.1, 0.15) is 23.7 Å². The predicted octanol–water partition coefficient (Wildman–Crippen LogP) is 1.86. The first-order valence-corrected chi connectivity index (χ1v) is 7.40. The van der Waals surface area contributed by atoms with Gasteiger partial charge >= 0.3 is 0 Å². The number of aromatic nitrogens is 2. The Kier molecular flexibility index (Phi) is 4.27. The van der Waals surface area contributed by atoms with Crippen LogP contribution in [0.15, 0.2) is 36.7 Å². The molecule has 1 aliphatic rings. The largest absolute Gasteiger partial charge is 0.490 e. The van der Waals surface area contributed by atoms with Crippen LogP contribution in [0.3, 0.4) is 0 Å². The van der Waals surface area contributed by atoms with E-state index in [-0.39, 0.29) is 11.9 Å². The summed E-state index contributed by atoms with van der Waals surface area (Å²) in [6.07, 6.45) is 4.44. The summed E-state index contributed by atoms with van der Waals surface area (Å²) in [5, 5.41) is 7.09. The van der Waals surface area contributed by atoms with Crippen molar-refractivity contribution in [1.82, 2.24) is 15.1 Å². The van der Waals surface area contributed by atoms with Crippen LogP contribution < -0.4 is 14.8 Å². The third-order valence-electron chi connectivity index (χ3n) is 3.41. The lowest BCUT2D eigenvalue weighted by Crippen LogP contribution is -2.35. The number of nitrogens with one attached hydrogen (secondary N) is 1. The van der Waals surface area contributed by atoms with E-state index < -0.39 is 0 Å². The van der Waals surface area contributed by atoms with Crippen molar-refractivity contribution in [3.8, 4) is 11.5 Å². The Hall–Kier alpha value is -2.50. The van der Waals surface area contributed by atoms with Crippen molar-refractivity contribution in [2.24, 2.45) is 0 Å². The molecule has 6 nitrogen and oxygen atoms in total. The maximum atomic E-state index is 12.3. The highest BCUT2D eigenvalue weighted by molar-refractivity contribution is 5.95. The summed E-state index contributed by atoms with van der Waals surface area (Å²) in [5.74, 6) is 1.19. The van der Waals surface area contributed by atoms with Crippen LogP contribution in [0.4, 0.5) is 0 Å². The predicted molar refractivity (Wildman–Crippen MR) is 81.2 cm³/mol. The molecule has 3 rings (SSSR count). The van der Waals surface area contributed by atoms with Crippen LogP contribution in [-0.2, 0) is 6.54 Å². The third kappa shape index (κ3) is 3.39. The Morgan fingerprint density at radius 1 is 1.36 bits per heavy atom. The van der Waals surface area contributed by atoms with E-state index in [0.717, 1.165) is 6.42 Å². The molecule has 1 amide bonds. The van der Waals surface area contributed by atoms with Crippen LogP contribution in [0, 0.1) is 0 Å². The number of fused-ring (bicyclic) bond motifs is 1. The maximum absolute atomic E-state index is 12.3. The third-order valence-corrected chi connectivity index (χ3v) is 3.41. The quantitative estimate of drug-likeness (QED) is 0.936. The van der Waals surface area contributed by atoms with Crippen molar-refractivity contribution in [3.63, 3.8) is 0 Å². The molecular formula is C16H19N3O3. The molecule has 0 saturated heterocycles. The van der Waals surface area contributed by atoms with Crippen molar-refractivity contribution in [2.75, 3.05) is 13.2 Å². The summed E-state index contributed by atoms with van der Waals surface area (Å²) in [6.45, 7) is 3.82. The zero-order valence-corrected chi connectivity index (χ0v) is 12.5. The number of carbonyl (C=O) groups excluding carboxylic acids is 1. The lowest BCUT2D eigenvalue weighted by atomic mass is 10.1. The highest BCUT2D eigenvalue weighted by Crippen LogP contribution is 2.30. The van der Waals surface area contributed by atoms with Gasteiger partial charge in [-0.2, -0.15) is 5.10 Å². The lowest BCUT2D eigenvalue weighted by molar-refractivity contribution is 0.0935. The topological polar surface area (TPSA) is 65.4 Å². The van der Waals surface area contributed by atoms with Gasteiger partial charge in [0.25, 0.3) is 5.91 Å². The molecule has 0 radical (unpaired) electrons. The summed E-state index contributed by atoms with van der Waals surface area (Å²) in [7, 11) is 0. The fourth-order valence-corrected chi connectivity index (χ4v) is 2.35. The van der Waals surface area contributed by atoms with Gasteiger partial charge in [-0.25, -0.2) is 0 Å². The Labute approximate surface area is 129 Å². The van der Waals surface area contributed by atoms with Crippen LogP contribution in [0.2, 0.25) is 0 Å². The minimum absolute atomic E-state index is 0.0246. The Balaban J connectivity index is 1.65. The molecular weight excluding hydrogens is 282 g/mol. The Bertz CT molecular complexity index is 640. The van der Waals surface area contributed by atoms with Gasteiger partial charge in [0.2, 0.25) is 0 Å². The molecule has 1 aromatic heterocycles. The smallest absolute Gasteiger partial charge is 0.251 e. The molecule has 6 heteroatoms. The fourth-order valence-electron chi connectivity index (χ4n) is 2.35. The van der Waals surface area contributed by atoms with E-state index in [4.69, 9.17) is 9.47 Å². The van der Waals surface area contributed by atoms with E-state index in [1.807, 2.05) is 19.2 Å². The van der Waals surface area contributed by atoms with Gasteiger partial charge in [-0.05, 0) is 31.2 Å². The number of carbonyl (C=O) groups is 1. The Morgan fingerprint density at radius 3 is 2.95 bits per heavy atom. The molecule has 0 saturated carbocycles. The number of hydrogen-bond acceptors (Lipinski definition) is 4. The van der Waals surface area contributed by atoms with Gasteiger partial charge in [-0.3, -0.25) is 9.48 Å². The van der Waals surface area contributed by atoms with Crippen molar-refractivity contribution in [2.45, 2.75) is 25.9 Å². The van der Waals surface area contributed by atoms with Gasteiger partial charge in [0.05, 0.1) is 19.8 Å². The molecule has 1 aromatic carbocycles. The first kappa shape index (κ1) is 14.4. The normalized spacial score (nSPS) is 15.0. The number of rotatable bonds is 4. The molecule has 0 aliphatic carbocycles. The zero-order valence-electron chi connectivity index (χ0n) is 12.5. The van der Waals surface area contributed by atoms with Crippen LogP contribution in [0.5, 0.6) is 11.5 Å². The first-order valence-electron chi connectivity index (χ1n) is 7.40. The van der Waals surface area contributed by atoms with Gasteiger partial charge in [-0.15, -0.1) is 0 Å². The van der Waals surface area contributed by atoms with Crippen molar-refractivity contribution >= 4 is 5.91 Å². The van der Waals surface area contributed by atoms with E-state index in [2.05, 4.69) is 10.4 Å². The maximum Gasteiger partial charge on any atom is 0.251 e. The van der Waals surface area contributed by atoms with Gasteiger partial charge in [0, 0.05) is 30.4 Å².